The second kappa shape index (κ2) is 26.7. The molecule has 0 fully saturated rings. The lowest BCUT2D eigenvalue weighted by atomic mass is 9.77. The lowest BCUT2D eigenvalue weighted by Crippen LogP contribution is -2.18. The first kappa shape index (κ1) is 31.6. The molecule has 0 aromatic rings. The lowest BCUT2D eigenvalue weighted by molar-refractivity contribution is 0.304. The second-order valence-corrected chi connectivity index (χ2v) is 4.38. The van der Waals surface area contributed by atoms with E-state index in [0.29, 0.717) is 11.3 Å². The van der Waals surface area contributed by atoms with Crippen molar-refractivity contribution in [1.29, 1.82) is 0 Å². The summed E-state index contributed by atoms with van der Waals surface area (Å²) in [5.41, 5.74) is 1.80. The molecule has 0 saturated heterocycles. The average Bonchev–Trinajstić information content (AvgIpc) is 2.51. The molecular formula is C20H44. The van der Waals surface area contributed by atoms with E-state index in [2.05, 4.69) is 72.9 Å². The van der Waals surface area contributed by atoms with Crippen LogP contribution in [0.2, 0.25) is 0 Å². The van der Waals surface area contributed by atoms with Crippen molar-refractivity contribution in [2.75, 3.05) is 0 Å². The van der Waals surface area contributed by atoms with Crippen molar-refractivity contribution in [3.63, 3.8) is 0 Å². The molecule has 0 aromatic carbocycles. The Morgan fingerprint density at radius 1 is 0.850 bits per heavy atom. The summed E-state index contributed by atoms with van der Waals surface area (Å²) in [6.07, 6.45) is 6.52. The third kappa shape index (κ3) is 22.4. The number of hydrogen-bond donors (Lipinski definition) is 0. The van der Waals surface area contributed by atoms with Crippen molar-refractivity contribution in [3.05, 3.63) is 37.0 Å². The molecule has 1 atom stereocenters. The van der Waals surface area contributed by atoms with E-state index in [1.807, 2.05) is 41.5 Å². The molecule has 0 aliphatic carbocycles. The molecule has 0 radical (unpaired) electrons. The Hall–Kier alpha value is -0.780. The van der Waals surface area contributed by atoms with Crippen LogP contribution in [-0.2, 0) is 0 Å². The van der Waals surface area contributed by atoms with Gasteiger partial charge in [0.2, 0.25) is 0 Å². The summed E-state index contributed by atoms with van der Waals surface area (Å²) in [6.45, 7) is 31.3. The maximum atomic E-state index is 3.00. The highest BCUT2D eigenvalue weighted by Gasteiger charge is 2.21. The summed E-state index contributed by atoms with van der Waals surface area (Å²) in [4.78, 5) is 0. The van der Waals surface area contributed by atoms with Crippen LogP contribution in [0, 0.1) is 11.3 Å². The fourth-order valence-electron chi connectivity index (χ4n) is 1.18. The van der Waals surface area contributed by atoms with Gasteiger partial charge >= 0.3 is 0 Å². The molecule has 0 amide bonds. The molecule has 20 heavy (non-hydrogen) atoms. The van der Waals surface area contributed by atoms with Crippen LogP contribution < -0.4 is 0 Å². The highest BCUT2D eigenvalue weighted by atomic mass is 14.3. The van der Waals surface area contributed by atoms with E-state index in [1.165, 1.54) is 5.57 Å². The Bertz CT molecular complexity index is 189. The maximum absolute atomic E-state index is 3.00. The van der Waals surface area contributed by atoms with Crippen LogP contribution in [-0.4, -0.2) is 0 Å². The predicted molar refractivity (Wildman–Crippen MR) is 102 cm³/mol. The van der Waals surface area contributed by atoms with Crippen LogP contribution in [0.25, 0.3) is 0 Å². The molecule has 124 valence electrons. The number of hydrogen-bond acceptors (Lipinski definition) is 0. The third-order valence-corrected chi connectivity index (χ3v) is 2.49. The summed E-state index contributed by atoms with van der Waals surface area (Å²) >= 11 is 0. The molecule has 0 heterocycles. The summed E-state index contributed by atoms with van der Waals surface area (Å²) in [5, 5.41) is 0. The molecule has 0 saturated carbocycles. The van der Waals surface area contributed by atoms with Crippen LogP contribution >= 0.6 is 0 Å². The highest BCUT2D eigenvalue weighted by Crippen LogP contribution is 2.31. The molecule has 0 rings (SSSR count). The monoisotopic (exact) mass is 284 g/mol. The third-order valence-electron chi connectivity index (χ3n) is 2.49. The second-order valence-electron chi connectivity index (χ2n) is 4.38. The number of allylic oxidation sites excluding steroid dienone is 4. The van der Waals surface area contributed by atoms with E-state index in [1.54, 1.807) is 0 Å². The molecule has 0 N–H and O–H groups in total. The largest absolute Gasteiger partial charge is 0.106 e. The zero-order valence-corrected chi connectivity index (χ0v) is 16.7. The highest BCUT2D eigenvalue weighted by molar-refractivity contribution is 5.21. The first-order valence-corrected chi connectivity index (χ1v) is 8.22. The summed E-state index contributed by atoms with van der Waals surface area (Å²) in [6, 6.07) is 0. The van der Waals surface area contributed by atoms with Crippen LogP contribution in [0.1, 0.15) is 83.1 Å². The Morgan fingerprint density at radius 3 is 1.30 bits per heavy atom. The van der Waals surface area contributed by atoms with E-state index >= 15 is 0 Å². The average molecular weight is 285 g/mol. The molecule has 0 aliphatic heterocycles. The van der Waals surface area contributed by atoms with Gasteiger partial charge in [-0.2, -0.15) is 0 Å². The SMILES string of the molecule is C/C=C\C(=C/C)C(C)C(C)(C)C.C=C.CC.CC.CC. The van der Waals surface area contributed by atoms with Gasteiger partial charge in [-0.1, -0.05) is 87.5 Å². The van der Waals surface area contributed by atoms with Gasteiger partial charge in [0, 0.05) is 0 Å². The van der Waals surface area contributed by atoms with E-state index in [-0.39, 0.29) is 0 Å². The van der Waals surface area contributed by atoms with Gasteiger partial charge in [0.25, 0.3) is 0 Å². The van der Waals surface area contributed by atoms with Gasteiger partial charge in [-0.25, -0.2) is 0 Å². The zero-order chi connectivity index (χ0) is 17.8. The Kier molecular flexibility index (Phi) is 42.2. The van der Waals surface area contributed by atoms with Gasteiger partial charge in [0.05, 0.1) is 0 Å². The van der Waals surface area contributed by atoms with Crippen molar-refractivity contribution >= 4 is 0 Å². The van der Waals surface area contributed by atoms with E-state index < -0.39 is 0 Å². The maximum Gasteiger partial charge on any atom is -0.0145 e. The summed E-state index contributed by atoms with van der Waals surface area (Å²) in [7, 11) is 0. The summed E-state index contributed by atoms with van der Waals surface area (Å²) < 4.78 is 0. The Morgan fingerprint density at radius 2 is 1.15 bits per heavy atom. The van der Waals surface area contributed by atoms with E-state index in [0.717, 1.165) is 0 Å². The van der Waals surface area contributed by atoms with Gasteiger partial charge in [-0.3, -0.25) is 0 Å². The molecular weight excluding hydrogens is 240 g/mol. The molecule has 0 spiro atoms. The van der Waals surface area contributed by atoms with Crippen molar-refractivity contribution in [2.24, 2.45) is 11.3 Å². The smallest absolute Gasteiger partial charge is 0.0145 e. The van der Waals surface area contributed by atoms with Crippen LogP contribution in [0.3, 0.4) is 0 Å². The molecule has 0 nitrogen and oxygen atoms in total. The van der Waals surface area contributed by atoms with Gasteiger partial charge in [-0.15, -0.1) is 13.2 Å². The van der Waals surface area contributed by atoms with Crippen LogP contribution in [0.15, 0.2) is 37.0 Å². The fraction of sp³-hybridized carbons (Fsp3) is 0.700. The minimum absolute atomic E-state index is 0.362. The zero-order valence-electron chi connectivity index (χ0n) is 16.7. The number of rotatable bonds is 2. The molecule has 0 aliphatic rings. The summed E-state index contributed by atoms with van der Waals surface area (Å²) in [5.74, 6) is 0.624. The normalized spacial score (nSPS) is 11.3. The van der Waals surface area contributed by atoms with Crippen molar-refractivity contribution in [3.8, 4) is 0 Å². The van der Waals surface area contributed by atoms with Gasteiger partial charge in [0.1, 0.15) is 0 Å². The fourth-order valence-corrected chi connectivity index (χ4v) is 1.18. The van der Waals surface area contributed by atoms with Crippen molar-refractivity contribution < 1.29 is 0 Å². The Labute approximate surface area is 132 Å². The van der Waals surface area contributed by atoms with Gasteiger partial charge in [-0.05, 0) is 30.8 Å². The van der Waals surface area contributed by atoms with Crippen LogP contribution in [0.4, 0.5) is 0 Å². The molecule has 0 aromatic heterocycles. The quantitative estimate of drug-likeness (QED) is 0.355. The minimum atomic E-state index is 0.362. The lowest BCUT2D eigenvalue weighted by Gasteiger charge is -2.28. The van der Waals surface area contributed by atoms with Crippen molar-refractivity contribution in [1.82, 2.24) is 0 Å². The topological polar surface area (TPSA) is 0 Å². The van der Waals surface area contributed by atoms with E-state index in [4.69, 9.17) is 0 Å². The molecule has 0 heteroatoms. The van der Waals surface area contributed by atoms with Gasteiger partial charge in [0.15, 0.2) is 0 Å². The minimum Gasteiger partial charge on any atom is -0.106 e. The van der Waals surface area contributed by atoms with E-state index in [9.17, 15) is 0 Å². The molecule has 1 unspecified atom stereocenters. The first-order valence-electron chi connectivity index (χ1n) is 8.22. The van der Waals surface area contributed by atoms with Crippen LogP contribution in [0.5, 0.6) is 0 Å². The van der Waals surface area contributed by atoms with Crippen molar-refractivity contribution in [2.45, 2.75) is 83.1 Å². The van der Waals surface area contributed by atoms with Gasteiger partial charge < -0.3 is 0 Å². The standard InChI is InChI=1S/C12H22.3C2H6.C2H4/c1-7-9-11(8-2)10(3)12(4,5)6;4*1-2/h7-10H,1-6H3;3*1-2H3;1-2H2/b9-7-,11-8+;;;;. The molecule has 0 bridgehead atoms. The predicted octanol–water partition coefficient (Wildman–Crippen LogP) is 8.07. The Balaban J connectivity index is -0.0000000799. The first-order chi connectivity index (χ1) is 9.43.